The van der Waals surface area contributed by atoms with Crippen molar-refractivity contribution in [2.45, 2.75) is 18.9 Å². The molecule has 1 unspecified atom stereocenters. The summed E-state index contributed by atoms with van der Waals surface area (Å²) in [7, 11) is 2.87. The van der Waals surface area contributed by atoms with Crippen LogP contribution in [0.5, 0.6) is 0 Å². The lowest BCUT2D eigenvalue weighted by Crippen LogP contribution is -2.42. The summed E-state index contributed by atoms with van der Waals surface area (Å²) >= 11 is 0. The van der Waals surface area contributed by atoms with E-state index in [9.17, 15) is 17.6 Å². The maximum Gasteiger partial charge on any atom is 0.260 e. The summed E-state index contributed by atoms with van der Waals surface area (Å²) in [6, 6.07) is 1.88. The van der Waals surface area contributed by atoms with Gasteiger partial charge in [0.05, 0.1) is 5.69 Å². The van der Waals surface area contributed by atoms with Gasteiger partial charge in [-0.05, 0) is 13.0 Å². The molecule has 0 heterocycles. The van der Waals surface area contributed by atoms with Gasteiger partial charge in [0.2, 0.25) is 0 Å². The van der Waals surface area contributed by atoms with Crippen molar-refractivity contribution in [1.82, 2.24) is 0 Å². The number of halogens is 4. The highest BCUT2D eigenvalue weighted by atomic mass is 19.3. The van der Waals surface area contributed by atoms with E-state index in [1.807, 2.05) is 0 Å². The lowest BCUT2D eigenvalue weighted by Gasteiger charge is -2.29. The van der Waals surface area contributed by atoms with Crippen LogP contribution in [0.1, 0.15) is 12.5 Å². The van der Waals surface area contributed by atoms with Gasteiger partial charge in [0.25, 0.3) is 6.43 Å². The van der Waals surface area contributed by atoms with E-state index in [1.165, 1.54) is 19.0 Å². The number of hydrogen-bond donors (Lipinski definition) is 1. The summed E-state index contributed by atoms with van der Waals surface area (Å²) in [5.41, 5.74) is 3.06. The van der Waals surface area contributed by atoms with Crippen molar-refractivity contribution in [3.05, 3.63) is 29.3 Å². The van der Waals surface area contributed by atoms with Crippen LogP contribution in [-0.4, -0.2) is 20.5 Å². The van der Waals surface area contributed by atoms with Gasteiger partial charge in [0, 0.05) is 19.7 Å². The molecule has 1 aromatic rings. The van der Waals surface area contributed by atoms with Crippen molar-refractivity contribution >= 4 is 5.69 Å². The fraction of sp³-hybridized carbons (Fsp3) is 0.455. The summed E-state index contributed by atoms with van der Waals surface area (Å²) in [4.78, 5) is 1.22. The molecule has 1 rings (SSSR count). The predicted molar refractivity (Wildman–Crippen MR) is 58.2 cm³/mol. The lowest BCUT2D eigenvalue weighted by molar-refractivity contribution is 0.0626. The highest BCUT2D eigenvalue weighted by molar-refractivity contribution is 5.57. The van der Waals surface area contributed by atoms with Crippen LogP contribution in [0.25, 0.3) is 0 Å². The number of anilines is 1. The number of nitrogens with two attached hydrogens (primary N) is 1. The van der Waals surface area contributed by atoms with E-state index in [4.69, 9.17) is 5.73 Å². The van der Waals surface area contributed by atoms with Crippen molar-refractivity contribution in [2.75, 3.05) is 19.0 Å². The maximum atomic E-state index is 13.6. The Balaban J connectivity index is 3.50. The molecule has 2 N–H and O–H groups in total. The molecular weight excluding hydrogens is 236 g/mol. The molecule has 0 aromatic heterocycles. The molecule has 0 aliphatic rings. The third kappa shape index (κ3) is 2.36. The number of benzene rings is 1. The summed E-state index contributed by atoms with van der Waals surface area (Å²) in [6.07, 6.45) is -2.88. The number of rotatable bonds is 3. The van der Waals surface area contributed by atoms with Crippen LogP contribution in [-0.2, 0) is 5.54 Å². The first-order valence-electron chi connectivity index (χ1n) is 4.92. The van der Waals surface area contributed by atoms with E-state index in [-0.39, 0.29) is 11.3 Å². The molecule has 0 radical (unpaired) electrons. The molecule has 0 amide bonds. The average Bonchev–Trinajstić information content (AvgIpc) is 2.20. The normalized spacial score (nSPS) is 14.9. The van der Waals surface area contributed by atoms with Crippen LogP contribution in [0.4, 0.5) is 23.2 Å². The van der Waals surface area contributed by atoms with Crippen LogP contribution >= 0.6 is 0 Å². The topological polar surface area (TPSA) is 29.3 Å². The Labute approximate surface area is 97.0 Å². The van der Waals surface area contributed by atoms with Crippen molar-refractivity contribution in [3.8, 4) is 0 Å². The minimum absolute atomic E-state index is 0.128. The van der Waals surface area contributed by atoms with Gasteiger partial charge in [-0.2, -0.15) is 0 Å². The zero-order valence-corrected chi connectivity index (χ0v) is 9.77. The summed E-state index contributed by atoms with van der Waals surface area (Å²) in [5, 5.41) is 0. The molecule has 0 aliphatic heterocycles. The number of hydrogen-bond acceptors (Lipinski definition) is 2. The van der Waals surface area contributed by atoms with Crippen molar-refractivity contribution in [3.63, 3.8) is 0 Å². The van der Waals surface area contributed by atoms with Gasteiger partial charge in [0.15, 0.2) is 11.6 Å². The van der Waals surface area contributed by atoms with E-state index in [1.54, 1.807) is 0 Å². The molecule has 0 saturated carbocycles. The molecule has 0 saturated heterocycles. The van der Waals surface area contributed by atoms with Gasteiger partial charge in [-0.3, -0.25) is 0 Å². The van der Waals surface area contributed by atoms with Gasteiger partial charge >= 0.3 is 0 Å². The Morgan fingerprint density at radius 3 is 2.18 bits per heavy atom. The number of alkyl halides is 2. The Kier molecular flexibility index (Phi) is 3.66. The molecule has 96 valence electrons. The molecule has 0 fully saturated rings. The molecule has 0 spiro atoms. The monoisotopic (exact) mass is 250 g/mol. The molecule has 1 atom stereocenters. The quantitative estimate of drug-likeness (QED) is 0.835. The van der Waals surface area contributed by atoms with Gasteiger partial charge in [-0.25, -0.2) is 17.6 Å². The fourth-order valence-electron chi connectivity index (χ4n) is 1.53. The second-order valence-electron chi connectivity index (χ2n) is 4.24. The Morgan fingerprint density at radius 1 is 1.24 bits per heavy atom. The van der Waals surface area contributed by atoms with Crippen molar-refractivity contribution in [2.24, 2.45) is 5.73 Å². The van der Waals surface area contributed by atoms with Gasteiger partial charge < -0.3 is 10.6 Å². The first-order chi connectivity index (χ1) is 7.69. The first kappa shape index (κ1) is 13.8. The van der Waals surface area contributed by atoms with E-state index in [2.05, 4.69) is 0 Å². The summed E-state index contributed by atoms with van der Waals surface area (Å²) in [5.74, 6) is -2.27. The van der Waals surface area contributed by atoms with E-state index in [0.717, 1.165) is 19.1 Å². The largest absolute Gasteiger partial charge is 0.375 e. The van der Waals surface area contributed by atoms with E-state index < -0.39 is 23.6 Å². The molecule has 0 aliphatic carbocycles. The summed E-state index contributed by atoms with van der Waals surface area (Å²) in [6.45, 7) is 1.08. The molecule has 17 heavy (non-hydrogen) atoms. The van der Waals surface area contributed by atoms with Crippen LogP contribution in [0.3, 0.4) is 0 Å². The molecule has 2 nitrogen and oxygen atoms in total. The van der Waals surface area contributed by atoms with Crippen LogP contribution in [0.2, 0.25) is 0 Å². The van der Waals surface area contributed by atoms with E-state index >= 15 is 0 Å². The lowest BCUT2D eigenvalue weighted by atomic mass is 9.91. The first-order valence-corrected chi connectivity index (χ1v) is 4.92. The Morgan fingerprint density at radius 2 is 1.76 bits per heavy atom. The van der Waals surface area contributed by atoms with Crippen LogP contribution in [0.15, 0.2) is 12.1 Å². The van der Waals surface area contributed by atoms with Crippen molar-refractivity contribution < 1.29 is 17.6 Å². The van der Waals surface area contributed by atoms with E-state index in [0.29, 0.717) is 0 Å². The van der Waals surface area contributed by atoms with Gasteiger partial charge in [0.1, 0.15) is 5.54 Å². The van der Waals surface area contributed by atoms with Crippen molar-refractivity contribution in [1.29, 1.82) is 0 Å². The molecular formula is C11H14F4N2. The molecule has 6 heteroatoms. The smallest absolute Gasteiger partial charge is 0.260 e. The average molecular weight is 250 g/mol. The predicted octanol–water partition coefficient (Wildman–Crippen LogP) is 2.47. The zero-order valence-electron chi connectivity index (χ0n) is 9.77. The van der Waals surface area contributed by atoms with Gasteiger partial charge in [-0.15, -0.1) is 0 Å². The van der Waals surface area contributed by atoms with Gasteiger partial charge in [-0.1, -0.05) is 6.07 Å². The standard InChI is InChI=1S/C11H14F4N2/c1-11(16,10(14)15)6-4-5-7(12)8(13)9(6)17(2)3/h4-5,10H,16H2,1-3H3. The second kappa shape index (κ2) is 4.52. The highest BCUT2D eigenvalue weighted by Gasteiger charge is 2.36. The zero-order chi connectivity index (χ0) is 13.4. The minimum Gasteiger partial charge on any atom is -0.375 e. The number of nitrogens with zero attached hydrogens (tertiary/aromatic N) is 1. The third-order valence-electron chi connectivity index (χ3n) is 2.55. The Bertz CT molecular complexity index is 416. The SMILES string of the molecule is CN(C)c1c(C(C)(N)C(F)F)ccc(F)c1F. The minimum atomic E-state index is -2.88. The van der Waals surface area contributed by atoms with Crippen LogP contribution < -0.4 is 10.6 Å². The molecule has 0 bridgehead atoms. The summed E-state index contributed by atoms with van der Waals surface area (Å²) < 4.78 is 52.3. The maximum absolute atomic E-state index is 13.6. The van der Waals surface area contributed by atoms with Crippen LogP contribution in [0, 0.1) is 11.6 Å². The molecule has 1 aromatic carbocycles. The highest BCUT2D eigenvalue weighted by Crippen LogP contribution is 2.35. The second-order valence-corrected chi connectivity index (χ2v) is 4.24. The third-order valence-corrected chi connectivity index (χ3v) is 2.55. The Hall–Kier alpha value is -1.30. The fourth-order valence-corrected chi connectivity index (χ4v) is 1.53.